The second-order valence-electron chi connectivity index (χ2n) is 6.51. The zero-order valence-corrected chi connectivity index (χ0v) is 16.2. The molecule has 0 bridgehead atoms. The van der Waals surface area contributed by atoms with Gasteiger partial charge in [0.15, 0.2) is 0 Å². The van der Waals surface area contributed by atoms with Crippen molar-refractivity contribution in [3.8, 4) is 0 Å². The fourth-order valence-corrected chi connectivity index (χ4v) is 3.91. The number of hydrogen-bond donors (Lipinski definition) is 2. The number of carbonyl (C=O) groups excluding carboxylic acids is 1. The normalized spacial score (nSPS) is 18.6. The van der Waals surface area contributed by atoms with E-state index in [0.717, 1.165) is 32.3 Å². The predicted octanol–water partition coefficient (Wildman–Crippen LogP) is 1.69. The van der Waals surface area contributed by atoms with Crippen molar-refractivity contribution < 1.29 is 22.7 Å². The maximum Gasteiger partial charge on any atom is 0.251 e. The molecule has 2 unspecified atom stereocenters. The average molecular weight is 384 g/mol. The van der Waals surface area contributed by atoms with E-state index in [1.54, 1.807) is 12.1 Å². The first kappa shape index (κ1) is 20.8. The largest absolute Gasteiger partial charge is 0.383 e. The molecule has 7 nitrogen and oxygen atoms in total. The van der Waals surface area contributed by atoms with Crippen molar-refractivity contribution in [2.75, 3.05) is 26.9 Å². The van der Waals surface area contributed by atoms with Crippen LogP contribution >= 0.6 is 0 Å². The Morgan fingerprint density at radius 3 is 2.92 bits per heavy atom. The van der Waals surface area contributed by atoms with E-state index in [9.17, 15) is 13.2 Å². The highest BCUT2D eigenvalue weighted by atomic mass is 32.2. The van der Waals surface area contributed by atoms with Crippen molar-refractivity contribution in [2.45, 2.75) is 49.6 Å². The summed E-state index contributed by atoms with van der Waals surface area (Å²) in [7, 11) is -2.17. The lowest BCUT2D eigenvalue weighted by molar-refractivity contribution is 0.0899. The van der Waals surface area contributed by atoms with Crippen LogP contribution in [-0.2, 0) is 19.5 Å². The third kappa shape index (κ3) is 6.35. The van der Waals surface area contributed by atoms with Gasteiger partial charge in [-0.25, -0.2) is 13.1 Å². The molecular formula is C18H28N2O5S. The minimum atomic E-state index is -3.66. The van der Waals surface area contributed by atoms with Crippen LogP contribution in [0.25, 0.3) is 0 Å². The van der Waals surface area contributed by atoms with Crippen molar-refractivity contribution in [1.82, 2.24) is 10.0 Å². The monoisotopic (exact) mass is 384 g/mol. The van der Waals surface area contributed by atoms with E-state index >= 15 is 0 Å². The van der Waals surface area contributed by atoms with Gasteiger partial charge in [-0.3, -0.25) is 4.79 Å². The first-order valence-corrected chi connectivity index (χ1v) is 10.4. The Balaban J connectivity index is 1.92. The van der Waals surface area contributed by atoms with E-state index in [2.05, 4.69) is 10.0 Å². The molecule has 1 aromatic rings. The van der Waals surface area contributed by atoms with Crippen molar-refractivity contribution >= 4 is 15.9 Å². The van der Waals surface area contributed by atoms with Crippen LogP contribution < -0.4 is 10.0 Å². The van der Waals surface area contributed by atoms with Gasteiger partial charge in [-0.15, -0.1) is 0 Å². The molecule has 0 radical (unpaired) electrons. The third-order valence-electron chi connectivity index (χ3n) is 4.33. The lowest BCUT2D eigenvalue weighted by Crippen LogP contribution is -2.33. The summed E-state index contributed by atoms with van der Waals surface area (Å²) in [5.41, 5.74) is 0.323. The van der Waals surface area contributed by atoms with Gasteiger partial charge < -0.3 is 14.8 Å². The van der Waals surface area contributed by atoms with Gasteiger partial charge >= 0.3 is 0 Å². The fraction of sp³-hybridized carbons (Fsp3) is 0.611. The summed E-state index contributed by atoms with van der Waals surface area (Å²) in [5.74, 6) is -0.279. The SMILES string of the molecule is COCCNS(=O)(=O)c1cccc(C(=O)NC(C)CCC2CCCO2)c1. The van der Waals surface area contributed by atoms with E-state index in [-0.39, 0.29) is 30.0 Å². The van der Waals surface area contributed by atoms with Crippen molar-refractivity contribution in [2.24, 2.45) is 0 Å². The lowest BCUT2D eigenvalue weighted by Gasteiger charge is -2.16. The molecule has 0 saturated carbocycles. The Hall–Kier alpha value is -1.48. The van der Waals surface area contributed by atoms with E-state index in [1.807, 2.05) is 6.92 Å². The van der Waals surface area contributed by atoms with Gasteiger partial charge in [-0.2, -0.15) is 0 Å². The van der Waals surface area contributed by atoms with Gasteiger partial charge in [0.05, 0.1) is 17.6 Å². The van der Waals surface area contributed by atoms with Gasteiger partial charge in [0.1, 0.15) is 0 Å². The van der Waals surface area contributed by atoms with Gasteiger partial charge in [-0.1, -0.05) is 6.07 Å². The summed E-state index contributed by atoms with van der Waals surface area (Å²) >= 11 is 0. The molecular weight excluding hydrogens is 356 g/mol. The van der Waals surface area contributed by atoms with Crippen LogP contribution in [0.1, 0.15) is 43.0 Å². The summed E-state index contributed by atoms with van der Waals surface area (Å²) in [6.07, 6.45) is 4.22. The van der Waals surface area contributed by atoms with Crippen LogP contribution in [0.15, 0.2) is 29.2 Å². The Bertz CT molecular complexity index is 687. The molecule has 1 fully saturated rings. The zero-order valence-electron chi connectivity index (χ0n) is 15.4. The third-order valence-corrected chi connectivity index (χ3v) is 5.79. The van der Waals surface area contributed by atoms with Gasteiger partial charge in [0.25, 0.3) is 5.91 Å². The van der Waals surface area contributed by atoms with Crippen molar-refractivity contribution in [1.29, 1.82) is 0 Å². The Morgan fingerprint density at radius 1 is 1.42 bits per heavy atom. The smallest absolute Gasteiger partial charge is 0.251 e. The van der Waals surface area contributed by atoms with Crippen LogP contribution in [0.3, 0.4) is 0 Å². The van der Waals surface area contributed by atoms with Crippen molar-refractivity contribution in [3.05, 3.63) is 29.8 Å². The topological polar surface area (TPSA) is 93.7 Å². The minimum Gasteiger partial charge on any atom is -0.383 e. The molecule has 2 atom stereocenters. The lowest BCUT2D eigenvalue weighted by atomic mass is 10.1. The van der Waals surface area contributed by atoms with Gasteiger partial charge in [-0.05, 0) is 50.8 Å². The molecule has 2 rings (SSSR count). The molecule has 1 aromatic carbocycles. The molecule has 2 N–H and O–H groups in total. The van der Waals surface area contributed by atoms with Crippen LogP contribution in [0.2, 0.25) is 0 Å². The van der Waals surface area contributed by atoms with E-state index in [1.165, 1.54) is 19.2 Å². The predicted molar refractivity (Wildman–Crippen MR) is 98.6 cm³/mol. The van der Waals surface area contributed by atoms with Gasteiger partial charge in [0, 0.05) is 31.9 Å². The Kier molecular flexibility index (Phi) is 8.02. The molecule has 0 aromatic heterocycles. The molecule has 146 valence electrons. The number of rotatable bonds is 10. The second-order valence-corrected chi connectivity index (χ2v) is 8.27. The number of hydrogen-bond acceptors (Lipinski definition) is 5. The fourth-order valence-electron chi connectivity index (χ4n) is 2.85. The summed E-state index contributed by atoms with van der Waals surface area (Å²) in [6.45, 7) is 3.22. The summed E-state index contributed by atoms with van der Waals surface area (Å²) in [6, 6.07) is 6.02. The highest BCUT2D eigenvalue weighted by Gasteiger charge is 2.19. The zero-order chi connectivity index (χ0) is 19.0. The Morgan fingerprint density at radius 2 is 2.23 bits per heavy atom. The standard InChI is InChI=1S/C18H28N2O5S/c1-14(8-9-16-6-4-11-25-16)20-18(21)15-5-3-7-17(13-15)26(22,23)19-10-12-24-2/h3,5,7,13-14,16,19H,4,6,8-12H2,1-2H3,(H,20,21). The first-order valence-electron chi connectivity index (χ1n) is 8.93. The molecule has 26 heavy (non-hydrogen) atoms. The molecule has 1 amide bonds. The number of ether oxygens (including phenoxy) is 2. The Labute approximate surface area is 155 Å². The first-order chi connectivity index (χ1) is 12.4. The molecule has 1 aliphatic heterocycles. The summed E-state index contributed by atoms with van der Waals surface area (Å²) in [5, 5.41) is 2.92. The maximum atomic E-state index is 12.4. The van der Waals surface area contributed by atoms with Gasteiger partial charge in [0.2, 0.25) is 10.0 Å². The summed E-state index contributed by atoms with van der Waals surface area (Å²) in [4.78, 5) is 12.5. The molecule has 1 heterocycles. The molecule has 1 aliphatic rings. The molecule has 1 saturated heterocycles. The van der Waals surface area contributed by atoms with E-state index in [4.69, 9.17) is 9.47 Å². The average Bonchev–Trinajstić information content (AvgIpc) is 3.14. The van der Waals surface area contributed by atoms with E-state index < -0.39 is 10.0 Å². The summed E-state index contributed by atoms with van der Waals surface area (Å²) < 4.78 is 37.3. The molecule has 8 heteroatoms. The highest BCUT2D eigenvalue weighted by Crippen LogP contribution is 2.18. The number of carbonyl (C=O) groups is 1. The number of nitrogens with one attached hydrogen (secondary N) is 2. The number of sulfonamides is 1. The van der Waals surface area contributed by atoms with Crippen LogP contribution in [0.5, 0.6) is 0 Å². The van der Waals surface area contributed by atoms with Crippen molar-refractivity contribution in [3.63, 3.8) is 0 Å². The maximum absolute atomic E-state index is 12.4. The number of amides is 1. The number of benzene rings is 1. The second kappa shape index (κ2) is 10.0. The van der Waals surface area contributed by atoms with Crippen LogP contribution in [-0.4, -0.2) is 53.3 Å². The highest BCUT2D eigenvalue weighted by molar-refractivity contribution is 7.89. The van der Waals surface area contributed by atoms with Crippen LogP contribution in [0, 0.1) is 0 Å². The molecule has 0 spiro atoms. The van der Waals surface area contributed by atoms with E-state index in [0.29, 0.717) is 11.7 Å². The van der Waals surface area contributed by atoms with Crippen LogP contribution in [0.4, 0.5) is 0 Å². The quantitative estimate of drug-likeness (QED) is 0.599. The minimum absolute atomic E-state index is 0.00760. The number of methoxy groups -OCH3 is 1. The molecule has 0 aliphatic carbocycles.